The number of anilines is 1. The Labute approximate surface area is 99.1 Å². The van der Waals surface area contributed by atoms with Crippen LogP contribution in [0.25, 0.3) is 0 Å². The van der Waals surface area contributed by atoms with Crippen LogP contribution >= 0.6 is 0 Å². The fraction of sp³-hybridized carbons (Fsp3) is 0.417. The predicted octanol–water partition coefficient (Wildman–Crippen LogP) is 1.73. The standard InChI is InChI=1S/C12H15NO4/c13-10-5-9(12(14)15)3-4-11(10)17-7-16-6-8-1-2-8/h3-5,8H,1-2,6-7,13H2,(H,14,15). The van der Waals surface area contributed by atoms with Gasteiger partial charge in [-0.05, 0) is 37.0 Å². The maximum atomic E-state index is 10.7. The molecule has 0 heterocycles. The van der Waals surface area contributed by atoms with E-state index in [9.17, 15) is 4.79 Å². The molecule has 1 aliphatic rings. The zero-order valence-electron chi connectivity index (χ0n) is 9.39. The summed E-state index contributed by atoms with van der Waals surface area (Å²) >= 11 is 0. The molecule has 92 valence electrons. The van der Waals surface area contributed by atoms with Crippen LogP contribution in [-0.2, 0) is 4.74 Å². The number of rotatable bonds is 6. The van der Waals surface area contributed by atoms with Crippen molar-refractivity contribution >= 4 is 11.7 Å². The van der Waals surface area contributed by atoms with Crippen LogP contribution in [0.5, 0.6) is 5.75 Å². The molecule has 0 bridgehead atoms. The third kappa shape index (κ3) is 3.35. The quantitative estimate of drug-likeness (QED) is 0.447. The van der Waals surface area contributed by atoms with Crippen molar-refractivity contribution in [2.24, 2.45) is 5.92 Å². The average molecular weight is 237 g/mol. The maximum Gasteiger partial charge on any atom is 0.335 e. The van der Waals surface area contributed by atoms with Crippen molar-refractivity contribution in [2.75, 3.05) is 19.1 Å². The third-order valence-corrected chi connectivity index (χ3v) is 2.60. The molecule has 1 fully saturated rings. The number of aromatic carboxylic acids is 1. The minimum Gasteiger partial charge on any atom is -0.478 e. The van der Waals surface area contributed by atoms with E-state index in [-0.39, 0.29) is 12.4 Å². The number of carboxylic acid groups (broad SMARTS) is 1. The van der Waals surface area contributed by atoms with Gasteiger partial charge in [0.25, 0.3) is 0 Å². The van der Waals surface area contributed by atoms with E-state index in [1.165, 1.54) is 25.0 Å². The first kappa shape index (κ1) is 11.7. The Morgan fingerprint density at radius 3 is 2.82 bits per heavy atom. The number of nitrogens with two attached hydrogens (primary N) is 1. The van der Waals surface area contributed by atoms with Gasteiger partial charge in [0, 0.05) is 0 Å². The van der Waals surface area contributed by atoms with Crippen molar-refractivity contribution in [2.45, 2.75) is 12.8 Å². The average Bonchev–Trinajstić information content (AvgIpc) is 3.09. The van der Waals surface area contributed by atoms with Crippen molar-refractivity contribution < 1.29 is 19.4 Å². The van der Waals surface area contributed by atoms with E-state index in [0.29, 0.717) is 24.0 Å². The molecule has 3 N–H and O–H groups in total. The second-order valence-electron chi connectivity index (χ2n) is 4.13. The van der Waals surface area contributed by atoms with Crippen molar-refractivity contribution in [3.63, 3.8) is 0 Å². The summed E-state index contributed by atoms with van der Waals surface area (Å²) in [5.41, 5.74) is 6.12. The Morgan fingerprint density at radius 1 is 1.47 bits per heavy atom. The molecule has 0 spiro atoms. The number of nitrogen functional groups attached to an aromatic ring is 1. The van der Waals surface area contributed by atoms with Crippen LogP contribution in [0.15, 0.2) is 18.2 Å². The highest BCUT2D eigenvalue weighted by atomic mass is 16.7. The van der Waals surface area contributed by atoms with Gasteiger partial charge < -0.3 is 20.3 Å². The molecule has 1 aromatic rings. The summed E-state index contributed by atoms with van der Waals surface area (Å²) in [5, 5.41) is 8.76. The van der Waals surface area contributed by atoms with Gasteiger partial charge in [0.2, 0.25) is 0 Å². The highest BCUT2D eigenvalue weighted by molar-refractivity contribution is 5.89. The van der Waals surface area contributed by atoms with E-state index in [2.05, 4.69) is 0 Å². The fourth-order valence-corrected chi connectivity index (χ4v) is 1.42. The monoisotopic (exact) mass is 237 g/mol. The summed E-state index contributed by atoms with van der Waals surface area (Å²) in [6, 6.07) is 4.37. The molecular weight excluding hydrogens is 222 g/mol. The summed E-state index contributed by atoms with van der Waals surface area (Å²) in [7, 11) is 0. The van der Waals surface area contributed by atoms with Gasteiger partial charge >= 0.3 is 5.97 Å². The molecule has 0 aliphatic heterocycles. The fourth-order valence-electron chi connectivity index (χ4n) is 1.42. The number of benzene rings is 1. The first-order valence-corrected chi connectivity index (χ1v) is 5.50. The van der Waals surface area contributed by atoms with Crippen molar-refractivity contribution in [3.05, 3.63) is 23.8 Å². The molecule has 0 amide bonds. The third-order valence-electron chi connectivity index (χ3n) is 2.60. The largest absolute Gasteiger partial charge is 0.478 e. The second kappa shape index (κ2) is 5.05. The minimum absolute atomic E-state index is 0.146. The Morgan fingerprint density at radius 2 is 2.24 bits per heavy atom. The van der Waals surface area contributed by atoms with Crippen LogP contribution in [0.4, 0.5) is 5.69 Å². The molecule has 5 nitrogen and oxygen atoms in total. The second-order valence-corrected chi connectivity index (χ2v) is 4.13. The molecule has 2 rings (SSSR count). The summed E-state index contributed by atoms with van der Waals surface area (Å²) < 4.78 is 10.6. The predicted molar refractivity (Wildman–Crippen MR) is 62.0 cm³/mol. The Balaban J connectivity index is 1.84. The van der Waals surface area contributed by atoms with E-state index in [1.54, 1.807) is 6.07 Å². The molecule has 1 saturated carbocycles. The van der Waals surface area contributed by atoms with Crippen molar-refractivity contribution in [1.29, 1.82) is 0 Å². The number of ether oxygens (including phenoxy) is 2. The van der Waals surface area contributed by atoms with Gasteiger partial charge in [-0.15, -0.1) is 0 Å². The van der Waals surface area contributed by atoms with Crippen LogP contribution in [0, 0.1) is 5.92 Å². The van der Waals surface area contributed by atoms with E-state index in [1.807, 2.05) is 0 Å². The van der Waals surface area contributed by atoms with Crippen LogP contribution < -0.4 is 10.5 Å². The van der Waals surface area contributed by atoms with Gasteiger partial charge in [0.1, 0.15) is 5.75 Å². The molecule has 0 unspecified atom stereocenters. The lowest BCUT2D eigenvalue weighted by Gasteiger charge is -2.09. The number of hydrogen-bond donors (Lipinski definition) is 2. The highest BCUT2D eigenvalue weighted by Gasteiger charge is 2.21. The highest BCUT2D eigenvalue weighted by Crippen LogP contribution is 2.29. The molecule has 0 saturated heterocycles. The first-order valence-electron chi connectivity index (χ1n) is 5.50. The number of carboxylic acids is 1. The van der Waals surface area contributed by atoms with Crippen LogP contribution in [0.1, 0.15) is 23.2 Å². The van der Waals surface area contributed by atoms with E-state index >= 15 is 0 Å². The topological polar surface area (TPSA) is 81.8 Å². The van der Waals surface area contributed by atoms with Crippen LogP contribution in [0.2, 0.25) is 0 Å². The Hall–Kier alpha value is -1.75. The van der Waals surface area contributed by atoms with Crippen LogP contribution in [0.3, 0.4) is 0 Å². The molecule has 0 atom stereocenters. The molecule has 5 heteroatoms. The van der Waals surface area contributed by atoms with Crippen molar-refractivity contribution in [1.82, 2.24) is 0 Å². The van der Waals surface area contributed by atoms with Gasteiger partial charge in [-0.25, -0.2) is 4.79 Å². The van der Waals surface area contributed by atoms with Crippen LogP contribution in [-0.4, -0.2) is 24.5 Å². The lowest BCUT2D eigenvalue weighted by molar-refractivity contribution is 0.0104. The molecule has 17 heavy (non-hydrogen) atoms. The van der Waals surface area contributed by atoms with Crippen molar-refractivity contribution in [3.8, 4) is 5.75 Å². The summed E-state index contributed by atoms with van der Waals surface area (Å²) in [6.45, 7) is 0.861. The minimum atomic E-state index is -1.01. The summed E-state index contributed by atoms with van der Waals surface area (Å²) in [5.74, 6) is 0.129. The first-order chi connectivity index (χ1) is 8.16. The van der Waals surface area contributed by atoms with Gasteiger partial charge in [-0.1, -0.05) is 0 Å². The number of carbonyl (C=O) groups is 1. The molecule has 0 aromatic heterocycles. The Kier molecular flexibility index (Phi) is 3.49. The van der Waals surface area contributed by atoms with Gasteiger partial charge in [-0.3, -0.25) is 0 Å². The van der Waals surface area contributed by atoms with Gasteiger partial charge in [0.15, 0.2) is 6.79 Å². The van der Waals surface area contributed by atoms with E-state index in [0.717, 1.165) is 0 Å². The molecule has 1 aromatic carbocycles. The van der Waals surface area contributed by atoms with Gasteiger partial charge in [-0.2, -0.15) is 0 Å². The zero-order valence-corrected chi connectivity index (χ0v) is 9.39. The smallest absolute Gasteiger partial charge is 0.335 e. The normalized spacial score (nSPS) is 14.6. The molecule has 0 radical (unpaired) electrons. The summed E-state index contributed by atoms with van der Waals surface area (Å²) in [4.78, 5) is 10.7. The Bertz CT molecular complexity index is 415. The number of hydrogen-bond acceptors (Lipinski definition) is 4. The van der Waals surface area contributed by atoms with Gasteiger partial charge in [0.05, 0.1) is 17.9 Å². The summed E-state index contributed by atoms with van der Waals surface area (Å²) in [6.07, 6.45) is 2.46. The maximum absolute atomic E-state index is 10.7. The lowest BCUT2D eigenvalue weighted by atomic mass is 10.2. The van der Waals surface area contributed by atoms with E-state index in [4.69, 9.17) is 20.3 Å². The molecule has 1 aliphatic carbocycles. The zero-order chi connectivity index (χ0) is 12.3. The van der Waals surface area contributed by atoms with E-state index < -0.39 is 5.97 Å². The lowest BCUT2D eigenvalue weighted by Crippen LogP contribution is -2.07. The molecular formula is C12H15NO4. The SMILES string of the molecule is Nc1cc(C(=O)O)ccc1OCOCC1CC1.